The second-order valence-electron chi connectivity index (χ2n) is 3.06. The third-order valence-electron chi connectivity index (χ3n) is 1.84. The average molecular weight is 208 g/mol. The summed E-state index contributed by atoms with van der Waals surface area (Å²) in [5.41, 5.74) is 18.4. The van der Waals surface area contributed by atoms with Gasteiger partial charge >= 0.3 is 0 Å². The van der Waals surface area contributed by atoms with Crippen molar-refractivity contribution in [2.24, 2.45) is 17.2 Å². The zero-order valence-electron chi connectivity index (χ0n) is 8.95. The van der Waals surface area contributed by atoms with Gasteiger partial charge in [-0.15, -0.1) is 0 Å². The summed E-state index contributed by atoms with van der Waals surface area (Å²) in [5, 5.41) is 7.02. The van der Waals surface area contributed by atoms with Crippen molar-refractivity contribution in [3.05, 3.63) is 35.6 Å². The van der Waals surface area contributed by atoms with Crippen LogP contribution in [0.2, 0.25) is 0 Å². The maximum absolute atomic E-state index is 7.02. The van der Waals surface area contributed by atoms with E-state index in [-0.39, 0.29) is 0 Å². The molecule has 0 aliphatic heterocycles. The van der Waals surface area contributed by atoms with Crippen molar-refractivity contribution in [3.63, 3.8) is 0 Å². The van der Waals surface area contributed by atoms with Gasteiger partial charge in [0.1, 0.15) is 0 Å². The Morgan fingerprint density at radius 1 is 1.07 bits per heavy atom. The normalized spacial score (nSPS) is 13.5. The van der Waals surface area contributed by atoms with Crippen LogP contribution in [0.4, 0.5) is 0 Å². The molecular weight excluding hydrogens is 188 g/mol. The molecule has 0 unspecified atom stereocenters. The minimum absolute atomic E-state index is 0.568. The van der Waals surface area contributed by atoms with Gasteiger partial charge in [0.2, 0.25) is 0 Å². The van der Waals surface area contributed by atoms with Gasteiger partial charge in [-0.05, 0) is 55.4 Å². The van der Waals surface area contributed by atoms with Crippen LogP contribution in [0.1, 0.15) is 12.8 Å². The Morgan fingerprint density at radius 2 is 1.67 bits per heavy atom. The van der Waals surface area contributed by atoms with Gasteiger partial charge in [0.05, 0.1) is 0 Å². The van der Waals surface area contributed by atoms with E-state index in [4.69, 9.17) is 22.6 Å². The lowest BCUT2D eigenvalue weighted by atomic mass is 10.1. The topological polar surface area (TPSA) is 102 Å². The van der Waals surface area contributed by atoms with Crippen molar-refractivity contribution in [1.82, 2.24) is 0 Å². The van der Waals surface area contributed by atoms with Crippen molar-refractivity contribution in [1.29, 1.82) is 5.41 Å². The molecule has 0 rings (SSSR count). The van der Waals surface area contributed by atoms with Gasteiger partial charge in [-0.2, -0.15) is 0 Å². The van der Waals surface area contributed by atoms with Crippen molar-refractivity contribution >= 4 is 6.21 Å². The van der Waals surface area contributed by atoms with Crippen LogP contribution in [0.25, 0.3) is 0 Å². The minimum Gasteiger partial charge on any atom is -0.405 e. The lowest BCUT2D eigenvalue weighted by molar-refractivity contribution is 0.948. The summed E-state index contributed by atoms with van der Waals surface area (Å²) < 4.78 is 0. The molecular formula is C11H20N4. The van der Waals surface area contributed by atoms with Crippen LogP contribution >= 0.6 is 0 Å². The highest BCUT2D eigenvalue weighted by molar-refractivity contribution is 5.70. The highest BCUT2D eigenvalue weighted by atomic mass is 14.5. The fraction of sp³-hybridized carbons (Fsp3) is 0.364. The first-order chi connectivity index (χ1) is 7.28. The second-order valence-corrected chi connectivity index (χ2v) is 3.06. The average Bonchev–Trinajstić information content (AvgIpc) is 2.19. The molecule has 15 heavy (non-hydrogen) atoms. The molecule has 0 bridgehead atoms. The molecule has 0 fully saturated rings. The van der Waals surface area contributed by atoms with E-state index in [1.54, 1.807) is 6.08 Å². The molecule has 0 aliphatic rings. The van der Waals surface area contributed by atoms with E-state index in [0.29, 0.717) is 13.1 Å². The Labute approximate surface area is 91.0 Å². The smallest absolute Gasteiger partial charge is 0.0180 e. The van der Waals surface area contributed by atoms with Gasteiger partial charge in [0.15, 0.2) is 0 Å². The highest BCUT2D eigenvalue weighted by Crippen LogP contribution is 2.09. The fourth-order valence-electron chi connectivity index (χ4n) is 1.21. The van der Waals surface area contributed by atoms with Crippen LogP contribution in [-0.2, 0) is 0 Å². The largest absolute Gasteiger partial charge is 0.405 e. The summed E-state index contributed by atoms with van der Waals surface area (Å²) >= 11 is 0. The number of hydrogen-bond acceptors (Lipinski definition) is 4. The van der Waals surface area contributed by atoms with Gasteiger partial charge in [-0.1, -0.05) is 6.08 Å². The zero-order valence-corrected chi connectivity index (χ0v) is 8.95. The third-order valence-corrected chi connectivity index (χ3v) is 1.84. The summed E-state index contributed by atoms with van der Waals surface area (Å²) in [6.45, 7) is 1.15. The van der Waals surface area contributed by atoms with E-state index < -0.39 is 0 Å². The van der Waals surface area contributed by atoms with Crippen LogP contribution in [0, 0.1) is 5.41 Å². The Kier molecular flexibility index (Phi) is 8.33. The molecule has 0 saturated heterocycles. The van der Waals surface area contributed by atoms with E-state index in [9.17, 15) is 0 Å². The molecule has 0 atom stereocenters. The SMILES string of the molecule is N=C\C=C(/C=C(/C=C/N)CCN)CCN. The van der Waals surface area contributed by atoms with Gasteiger partial charge in [-0.3, -0.25) is 0 Å². The summed E-state index contributed by atoms with van der Waals surface area (Å²) in [5.74, 6) is 0. The van der Waals surface area contributed by atoms with Crippen molar-refractivity contribution in [2.75, 3.05) is 13.1 Å². The van der Waals surface area contributed by atoms with Crippen molar-refractivity contribution in [3.8, 4) is 0 Å². The monoisotopic (exact) mass is 208 g/mol. The molecule has 0 radical (unpaired) electrons. The molecule has 0 spiro atoms. The molecule has 0 aliphatic carbocycles. The minimum atomic E-state index is 0.568. The summed E-state index contributed by atoms with van der Waals surface area (Å²) in [6, 6.07) is 0. The van der Waals surface area contributed by atoms with E-state index in [1.165, 1.54) is 12.4 Å². The molecule has 0 heterocycles. The first-order valence-electron chi connectivity index (χ1n) is 4.97. The molecule has 0 aromatic carbocycles. The first-order valence-corrected chi connectivity index (χ1v) is 4.97. The molecule has 0 aromatic heterocycles. The first kappa shape index (κ1) is 13.6. The Hall–Kier alpha value is -1.39. The van der Waals surface area contributed by atoms with Crippen molar-refractivity contribution < 1.29 is 0 Å². The van der Waals surface area contributed by atoms with E-state index >= 15 is 0 Å². The van der Waals surface area contributed by atoms with Gasteiger partial charge in [0, 0.05) is 6.21 Å². The molecule has 0 aromatic rings. The number of hydrogen-bond donors (Lipinski definition) is 4. The number of nitrogens with two attached hydrogens (primary N) is 3. The Bertz CT molecular complexity index is 264. The third kappa shape index (κ3) is 6.65. The second kappa shape index (κ2) is 9.18. The van der Waals surface area contributed by atoms with Crippen LogP contribution < -0.4 is 17.2 Å². The van der Waals surface area contributed by atoms with Crippen molar-refractivity contribution in [2.45, 2.75) is 12.8 Å². The van der Waals surface area contributed by atoms with E-state index in [1.807, 2.05) is 12.2 Å². The molecule has 7 N–H and O–H groups in total. The quantitative estimate of drug-likeness (QED) is 0.365. The predicted molar refractivity (Wildman–Crippen MR) is 65.6 cm³/mol. The van der Waals surface area contributed by atoms with Crippen LogP contribution in [0.5, 0.6) is 0 Å². The van der Waals surface area contributed by atoms with Gasteiger partial charge in [-0.25, -0.2) is 0 Å². The van der Waals surface area contributed by atoms with E-state index in [0.717, 1.165) is 24.0 Å². The number of allylic oxidation sites excluding steroid dienone is 3. The summed E-state index contributed by atoms with van der Waals surface area (Å²) in [4.78, 5) is 0. The Morgan fingerprint density at radius 3 is 2.13 bits per heavy atom. The molecule has 4 nitrogen and oxygen atoms in total. The lowest BCUT2D eigenvalue weighted by Crippen LogP contribution is -2.02. The molecule has 84 valence electrons. The number of nitrogens with one attached hydrogen (secondary N) is 1. The van der Waals surface area contributed by atoms with Crippen LogP contribution in [0.15, 0.2) is 35.6 Å². The maximum atomic E-state index is 7.02. The standard InChI is InChI=1S/C11H20N4/c12-5-1-10(2-6-13)9-11(3-7-14)4-8-15/h1,3,5,7,9,12H,2,4,6,8,13-15H2/b7-3+,10-1-,11-9-,12-5?. The Balaban J connectivity index is 4.71. The predicted octanol–water partition coefficient (Wildman–Crippen LogP) is 0.659. The fourth-order valence-corrected chi connectivity index (χ4v) is 1.21. The van der Waals surface area contributed by atoms with Gasteiger partial charge in [0.25, 0.3) is 0 Å². The molecule has 4 heteroatoms. The maximum Gasteiger partial charge on any atom is 0.0180 e. The number of rotatable bonds is 7. The zero-order chi connectivity index (χ0) is 11.5. The molecule has 0 amide bonds. The summed E-state index contributed by atoms with van der Waals surface area (Å²) in [6.07, 6.45) is 9.80. The summed E-state index contributed by atoms with van der Waals surface area (Å²) in [7, 11) is 0. The van der Waals surface area contributed by atoms with Gasteiger partial charge < -0.3 is 22.6 Å². The molecule has 0 saturated carbocycles. The van der Waals surface area contributed by atoms with Crippen LogP contribution in [0.3, 0.4) is 0 Å². The van der Waals surface area contributed by atoms with E-state index in [2.05, 4.69) is 0 Å². The lowest BCUT2D eigenvalue weighted by Gasteiger charge is -2.03. The highest BCUT2D eigenvalue weighted by Gasteiger charge is 1.95. The van der Waals surface area contributed by atoms with Crippen LogP contribution in [-0.4, -0.2) is 19.3 Å².